The first-order valence-corrected chi connectivity index (χ1v) is 8.69. The van der Waals surface area contributed by atoms with Gasteiger partial charge in [0, 0.05) is 13.2 Å². The minimum Gasteiger partial charge on any atom is -0.468 e. The molecule has 27 heavy (non-hydrogen) atoms. The van der Waals surface area contributed by atoms with Crippen molar-refractivity contribution in [3.05, 3.63) is 35.4 Å². The zero-order valence-corrected chi connectivity index (χ0v) is 15.5. The summed E-state index contributed by atoms with van der Waals surface area (Å²) >= 11 is 0. The van der Waals surface area contributed by atoms with Crippen molar-refractivity contribution < 1.29 is 33.3 Å². The predicted octanol–water partition coefficient (Wildman–Crippen LogP) is 0.528. The molecule has 0 aliphatic carbocycles. The van der Waals surface area contributed by atoms with E-state index in [-0.39, 0.29) is 19.0 Å². The van der Waals surface area contributed by atoms with Crippen molar-refractivity contribution in [3.8, 4) is 0 Å². The number of hydrogen-bond donors (Lipinski definition) is 1. The highest BCUT2D eigenvalue weighted by atomic mass is 16.7. The predicted molar refractivity (Wildman–Crippen MR) is 92.6 cm³/mol. The number of benzene rings is 1. The summed E-state index contributed by atoms with van der Waals surface area (Å²) in [6.45, 7) is 1.53. The molecule has 8 nitrogen and oxygen atoms in total. The van der Waals surface area contributed by atoms with E-state index in [0.717, 1.165) is 11.1 Å². The second-order valence-electron chi connectivity index (χ2n) is 6.73. The van der Waals surface area contributed by atoms with E-state index in [1.165, 1.54) is 14.2 Å². The maximum atomic E-state index is 12.7. The van der Waals surface area contributed by atoms with Crippen LogP contribution in [0.25, 0.3) is 0 Å². The monoisotopic (exact) mass is 377 g/mol. The maximum Gasteiger partial charge on any atom is 0.334 e. The van der Waals surface area contributed by atoms with Crippen LogP contribution in [0.15, 0.2) is 24.3 Å². The number of ether oxygens (including phenoxy) is 4. The number of hydrogen-bond acceptors (Lipinski definition) is 8. The molecular weight excluding hydrogens is 354 g/mol. The number of aryl methyl sites for hydroxylation is 1. The summed E-state index contributed by atoms with van der Waals surface area (Å²) in [5, 5.41) is 3.19. The van der Waals surface area contributed by atoms with Crippen molar-refractivity contribution in [1.29, 1.82) is 0 Å². The third-order valence-electron chi connectivity index (χ3n) is 5.00. The second-order valence-corrected chi connectivity index (χ2v) is 6.73. The Morgan fingerprint density at radius 2 is 1.93 bits per heavy atom. The lowest BCUT2D eigenvalue weighted by atomic mass is 9.79. The fraction of sp³-hybridized carbons (Fsp3) is 0.526. The molecule has 0 saturated carbocycles. The van der Waals surface area contributed by atoms with Crippen LogP contribution in [-0.4, -0.2) is 57.5 Å². The zero-order valence-electron chi connectivity index (χ0n) is 15.5. The van der Waals surface area contributed by atoms with E-state index in [2.05, 4.69) is 5.32 Å². The first-order chi connectivity index (χ1) is 13.0. The van der Waals surface area contributed by atoms with Crippen LogP contribution in [0, 0.1) is 18.8 Å². The molecule has 0 unspecified atom stereocenters. The Bertz CT molecular complexity index is 717. The molecule has 1 aromatic rings. The van der Waals surface area contributed by atoms with Gasteiger partial charge in [0.2, 0.25) is 6.29 Å². The number of carbonyl (C=O) groups excluding carboxylic acids is 3. The molecule has 2 fully saturated rings. The number of nitrogens with one attached hydrogen (secondary N) is 1. The van der Waals surface area contributed by atoms with Gasteiger partial charge in [-0.05, 0) is 12.5 Å². The number of fused-ring (bicyclic) bond motifs is 1. The number of rotatable bonds is 5. The van der Waals surface area contributed by atoms with E-state index in [1.54, 1.807) is 0 Å². The molecule has 5 atom stereocenters. The Hall–Kier alpha value is -2.29. The molecule has 0 bridgehead atoms. The van der Waals surface area contributed by atoms with Crippen LogP contribution in [0.3, 0.4) is 0 Å². The van der Waals surface area contributed by atoms with Gasteiger partial charge in [0.05, 0.1) is 18.9 Å². The Balaban J connectivity index is 1.93. The third kappa shape index (κ3) is 3.87. The van der Waals surface area contributed by atoms with Crippen LogP contribution in [0.4, 0.5) is 0 Å². The molecule has 2 aliphatic rings. The minimum absolute atomic E-state index is 0.150. The molecule has 146 valence electrons. The largest absolute Gasteiger partial charge is 0.468 e. The fourth-order valence-electron chi connectivity index (χ4n) is 3.76. The fourth-order valence-corrected chi connectivity index (χ4v) is 3.76. The van der Waals surface area contributed by atoms with Crippen LogP contribution in [0.5, 0.6) is 0 Å². The van der Waals surface area contributed by atoms with E-state index < -0.39 is 42.1 Å². The summed E-state index contributed by atoms with van der Waals surface area (Å²) < 4.78 is 20.4. The van der Waals surface area contributed by atoms with Crippen molar-refractivity contribution in [2.75, 3.05) is 27.4 Å². The molecule has 1 aromatic carbocycles. The minimum atomic E-state index is -1.04. The Morgan fingerprint density at radius 3 is 2.56 bits per heavy atom. The molecule has 2 saturated heterocycles. The van der Waals surface area contributed by atoms with Crippen molar-refractivity contribution in [2.45, 2.75) is 25.3 Å². The zero-order chi connectivity index (χ0) is 19.6. The summed E-state index contributed by atoms with van der Waals surface area (Å²) in [5.41, 5.74) is 1.96. The molecule has 0 amide bonds. The molecule has 1 N–H and O–H groups in total. The molecule has 3 rings (SSSR count). The first kappa shape index (κ1) is 19.5. The summed E-state index contributed by atoms with van der Waals surface area (Å²) in [6, 6.07) is 6.47. The molecule has 2 heterocycles. The lowest BCUT2D eigenvalue weighted by Crippen LogP contribution is -2.50. The Morgan fingerprint density at radius 1 is 1.22 bits per heavy atom. The molecule has 0 aromatic heterocycles. The van der Waals surface area contributed by atoms with Gasteiger partial charge < -0.3 is 18.9 Å². The smallest absolute Gasteiger partial charge is 0.334 e. The van der Waals surface area contributed by atoms with Gasteiger partial charge >= 0.3 is 11.9 Å². The average molecular weight is 377 g/mol. The van der Waals surface area contributed by atoms with Crippen LogP contribution in [-0.2, 0) is 33.3 Å². The van der Waals surface area contributed by atoms with Crippen molar-refractivity contribution in [3.63, 3.8) is 0 Å². The number of ketones is 1. The van der Waals surface area contributed by atoms with Gasteiger partial charge in [0.1, 0.15) is 19.3 Å². The number of esters is 2. The highest BCUT2D eigenvalue weighted by Gasteiger charge is 2.57. The van der Waals surface area contributed by atoms with Crippen LogP contribution < -0.4 is 5.32 Å². The lowest BCUT2D eigenvalue weighted by molar-refractivity contribution is -0.213. The van der Waals surface area contributed by atoms with Crippen LogP contribution in [0.2, 0.25) is 0 Å². The quantitative estimate of drug-likeness (QED) is 0.742. The number of carbonyl (C=O) groups is 3. The summed E-state index contributed by atoms with van der Waals surface area (Å²) in [6.07, 6.45) is -1.04. The molecule has 0 radical (unpaired) electrons. The maximum absolute atomic E-state index is 12.7. The van der Waals surface area contributed by atoms with E-state index in [4.69, 9.17) is 18.9 Å². The van der Waals surface area contributed by atoms with Crippen molar-refractivity contribution >= 4 is 17.7 Å². The van der Waals surface area contributed by atoms with E-state index >= 15 is 0 Å². The summed E-state index contributed by atoms with van der Waals surface area (Å²) in [7, 11) is 2.65. The van der Waals surface area contributed by atoms with Crippen LogP contribution >= 0.6 is 0 Å². The topological polar surface area (TPSA) is 100 Å². The van der Waals surface area contributed by atoms with Gasteiger partial charge in [0.25, 0.3) is 0 Å². The van der Waals surface area contributed by atoms with Gasteiger partial charge in [-0.3, -0.25) is 14.9 Å². The third-order valence-corrected chi connectivity index (χ3v) is 5.00. The summed E-state index contributed by atoms with van der Waals surface area (Å²) in [4.78, 5) is 36.9. The Kier molecular flexibility index (Phi) is 5.88. The van der Waals surface area contributed by atoms with Crippen LogP contribution in [0.1, 0.15) is 17.2 Å². The van der Waals surface area contributed by atoms with Gasteiger partial charge in [-0.1, -0.05) is 29.8 Å². The second kappa shape index (κ2) is 8.16. The highest BCUT2D eigenvalue weighted by Crippen LogP contribution is 2.43. The molecule has 0 spiro atoms. The normalized spacial score (nSPS) is 29.9. The van der Waals surface area contributed by atoms with E-state index in [1.807, 2.05) is 31.2 Å². The molecule has 2 aliphatic heterocycles. The van der Waals surface area contributed by atoms with Crippen molar-refractivity contribution in [1.82, 2.24) is 5.32 Å². The SMILES string of the molecule is COCC(=O)O[C@H]1OCC(=O)[C@H]2[C@@H]1[C@@H](C(=O)OC)N[C@H]2c1ccc(C)cc1. The Labute approximate surface area is 157 Å². The summed E-state index contributed by atoms with van der Waals surface area (Å²) in [5.74, 6) is -2.58. The molecule has 8 heteroatoms. The molecular formula is C19H23NO7. The average Bonchev–Trinajstić information content (AvgIpc) is 3.06. The highest BCUT2D eigenvalue weighted by molar-refractivity contribution is 5.87. The van der Waals surface area contributed by atoms with E-state index in [9.17, 15) is 14.4 Å². The van der Waals surface area contributed by atoms with Crippen molar-refractivity contribution in [2.24, 2.45) is 11.8 Å². The lowest BCUT2D eigenvalue weighted by Gasteiger charge is -2.34. The van der Waals surface area contributed by atoms with E-state index in [0.29, 0.717) is 0 Å². The number of Topliss-reactive ketones (excluding diaryl/α,β-unsaturated/α-hetero) is 1. The van der Waals surface area contributed by atoms with Gasteiger partial charge in [-0.15, -0.1) is 0 Å². The van der Waals surface area contributed by atoms with Gasteiger partial charge in [-0.2, -0.15) is 0 Å². The first-order valence-electron chi connectivity index (χ1n) is 8.69. The van der Waals surface area contributed by atoms with Gasteiger partial charge in [0.15, 0.2) is 5.78 Å². The number of methoxy groups -OCH3 is 2. The standard InChI is InChI=1S/C19H23NO7/c1-10-4-6-11(7-5-10)16-14-12(21)8-26-19(27-13(22)9-24-2)15(14)17(20-16)18(23)25-3/h4-7,14-17,19-20H,8-9H2,1-3H3/t14-,15+,16-,17-,19+/m0/s1. The van der Waals surface area contributed by atoms with Gasteiger partial charge in [-0.25, -0.2) is 4.79 Å².